The summed E-state index contributed by atoms with van der Waals surface area (Å²) in [6, 6.07) is 3.23. The molecule has 0 radical (unpaired) electrons. The van der Waals surface area contributed by atoms with Crippen LogP contribution in [0, 0.1) is 0 Å². The summed E-state index contributed by atoms with van der Waals surface area (Å²) < 4.78 is 0.785. The van der Waals surface area contributed by atoms with Crippen molar-refractivity contribution in [3.63, 3.8) is 0 Å². The Bertz CT molecular complexity index is 641. The topological polar surface area (TPSA) is 55.1 Å². The second-order valence-electron chi connectivity index (χ2n) is 4.12. The lowest BCUT2D eigenvalue weighted by Crippen LogP contribution is -2.37. The first-order chi connectivity index (χ1) is 8.93. The minimum absolute atomic E-state index is 0.118. The highest BCUT2D eigenvalue weighted by molar-refractivity contribution is 7.21. The second kappa shape index (κ2) is 5.85. The monoisotopic (exact) mass is 336 g/mol. The Kier molecular flexibility index (Phi) is 4.58. The molecular weight excluding hydrogens is 327 g/mol. The van der Waals surface area contributed by atoms with Gasteiger partial charge in [0.05, 0.1) is 10.0 Å². The fourth-order valence-corrected chi connectivity index (χ4v) is 3.89. The van der Waals surface area contributed by atoms with Crippen LogP contribution in [0.25, 0.3) is 10.1 Å². The molecule has 3 nitrogen and oxygen atoms in total. The maximum atomic E-state index is 12.1. The number of hydrogen-bond acceptors (Lipinski definition) is 3. The van der Waals surface area contributed by atoms with Crippen molar-refractivity contribution >= 4 is 62.1 Å². The van der Waals surface area contributed by atoms with Crippen LogP contribution in [0.4, 0.5) is 0 Å². The van der Waals surface area contributed by atoms with Crippen molar-refractivity contribution in [2.45, 2.75) is 13.0 Å². The molecule has 0 spiro atoms. The number of carbonyl (C=O) groups excluding carboxylic acids is 1. The zero-order valence-corrected chi connectivity index (χ0v) is 13.1. The van der Waals surface area contributed by atoms with Crippen molar-refractivity contribution in [2.75, 3.05) is 6.54 Å². The van der Waals surface area contributed by atoms with E-state index in [1.807, 2.05) is 6.92 Å². The van der Waals surface area contributed by atoms with Crippen molar-refractivity contribution in [1.29, 1.82) is 0 Å². The highest BCUT2D eigenvalue weighted by atomic mass is 35.5. The van der Waals surface area contributed by atoms with Gasteiger partial charge >= 0.3 is 0 Å². The van der Waals surface area contributed by atoms with Gasteiger partial charge in [-0.3, -0.25) is 4.79 Å². The smallest absolute Gasteiger partial charge is 0.263 e. The maximum Gasteiger partial charge on any atom is 0.263 e. The summed E-state index contributed by atoms with van der Waals surface area (Å²) in [5.74, 6) is -0.253. The Hall–Kier alpha value is -0.520. The van der Waals surface area contributed by atoms with E-state index >= 15 is 0 Å². The SMILES string of the molecule is C[C@@H](CN)NC(=O)c1sc2cc(Cl)cc(Cl)c2c1Cl. The highest BCUT2D eigenvalue weighted by Crippen LogP contribution is 2.41. The molecule has 1 atom stereocenters. The Morgan fingerprint density at radius 1 is 1.42 bits per heavy atom. The van der Waals surface area contributed by atoms with E-state index in [1.165, 1.54) is 11.3 Å². The molecule has 0 aliphatic heterocycles. The standard InChI is InChI=1S/C12H11Cl3N2OS/c1-5(4-16)17-12(18)11-10(15)9-7(14)2-6(13)3-8(9)19-11/h2-3,5H,4,16H2,1H3,(H,17,18)/t5-/m0/s1. The fourth-order valence-electron chi connectivity index (χ4n) is 1.61. The van der Waals surface area contributed by atoms with Gasteiger partial charge in [-0.15, -0.1) is 11.3 Å². The van der Waals surface area contributed by atoms with Crippen LogP contribution in [0.15, 0.2) is 12.1 Å². The number of amides is 1. The third kappa shape index (κ3) is 2.98. The molecule has 0 fully saturated rings. The zero-order valence-electron chi connectivity index (χ0n) is 9.97. The molecule has 19 heavy (non-hydrogen) atoms. The van der Waals surface area contributed by atoms with Gasteiger partial charge in [-0.05, 0) is 19.1 Å². The van der Waals surface area contributed by atoms with Crippen molar-refractivity contribution < 1.29 is 4.79 Å². The molecule has 0 unspecified atom stereocenters. The van der Waals surface area contributed by atoms with E-state index in [9.17, 15) is 4.79 Å². The minimum atomic E-state index is -0.253. The lowest BCUT2D eigenvalue weighted by Gasteiger charge is -2.10. The highest BCUT2D eigenvalue weighted by Gasteiger charge is 2.20. The Labute approximate surface area is 129 Å². The van der Waals surface area contributed by atoms with Crippen LogP contribution in [0.2, 0.25) is 15.1 Å². The first-order valence-electron chi connectivity index (χ1n) is 5.52. The van der Waals surface area contributed by atoms with Crippen LogP contribution >= 0.6 is 46.1 Å². The van der Waals surface area contributed by atoms with Gasteiger partial charge < -0.3 is 11.1 Å². The van der Waals surface area contributed by atoms with Gasteiger partial charge in [0, 0.05) is 27.7 Å². The molecule has 0 aliphatic rings. The fraction of sp³-hybridized carbons (Fsp3) is 0.250. The number of fused-ring (bicyclic) bond motifs is 1. The first kappa shape index (κ1) is 14.9. The van der Waals surface area contributed by atoms with Crippen LogP contribution in [-0.2, 0) is 0 Å². The summed E-state index contributed by atoms with van der Waals surface area (Å²) in [5, 5.41) is 4.73. The number of carbonyl (C=O) groups is 1. The average Bonchev–Trinajstić information content (AvgIpc) is 2.66. The van der Waals surface area contributed by atoms with Gasteiger partial charge in [0.1, 0.15) is 4.88 Å². The van der Waals surface area contributed by atoms with Crippen molar-refractivity contribution in [3.05, 3.63) is 32.1 Å². The number of benzene rings is 1. The number of thiophene rings is 1. The second-order valence-corrected chi connectivity index (χ2v) is 6.39. The molecule has 0 bridgehead atoms. The normalized spacial score (nSPS) is 12.7. The third-order valence-corrected chi connectivity index (χ3v) is 4.73. The number of rotatable bonds is 3. The molecule has 1 aromatic heterocycles. The van der Waals surface area contributed by atoms with Crippen molar-refractivity contribution in [3.8, 4) is 0 Å². The molecule has 0 aliphatic carbocycles. The molecule has 2 aromatic rings. The van der Waals surface area contributed by atoms with Crippen molar-refractivity contribution in [2.24, 2.45) is 5.73 Å². The molecule has 1 heterocycles. The van der Waals surface area contributed by atoms with E-state index in [0.29, 0.717) is 31.9 Å². The summed E-state index contributed by atoms with van der Waals surface area (Å²) in [6.07, 6.45) is 0. The lowest BCUT2D eigenvalue weighted by molar-refractivity contribution is 0.0945. The van der Waals surface area contributed by atoms with E-state index in [2.05, 4.69) is 5.32 Å². The van der Waals surface area contributed by atoms with Gasteiger partial charge in [-0.1, -0.05) is 34.8 Å². The van der Waals surface area contributed by atoms with Gasteiger partial charge in [-0.25, -0.2) is 0 Å². The predicted octanol–water partition coefficient (Wildman–Crippen LogP) is 3.94. The molecule has 0 saturated heterocycles. The third-order valence-electron chi connectivity index (χ3n) is 2.59. The van der Waals surface area contributed by atoms with E-state index in [4.69, 9.17) is 40.5 Å². The summed E-state index contributed by atoms with van der Waals surface area (Å²) in [5.41, 5.74) is 5.47. The molecule has 7 heteroatoms. The van der Waals surface area contributed by atoms with Gasteiger partial charge in [0.2, 0.25) is 0 Å². The van der Waals surface area contributed by atoms with Crippen LogP contribution in [-0.4, -0.2) is 18.5 Å². The first-order valence-corrected chi connectivity index (χ1v) is 7.47. The molecule has 2 rings (SSSR count). The van der Waals surface area contributed by atoms with Crippen LogP contribution in [0.3, 0.4) is 0 Å². The zero-order chi connectivity index (χ0) is 14.2. The predicted molar refractivity (Wildman–Crippen MR) is 82.8 cm³/mol. The quantitative estimate of drug-likeness (QED) is 0.891. The number of nitrogens with one attached hydrogen (secondary N) is 1. The molecule has 102 valence electrons. The average molecular weight is 338 g/mol. The Balaban J connectivity index is 2.48. The van der Waals surface area contributed by atoms with Gasteiger partial charge in [-0.2, -0.15) is 0 Å². The number of halogens is 3. The van der Waals surface area contributed by atoms with Crippen LogP contribution in [0.1, 0.15) is 16.6 Å². The molecule has 1 amide bonds. The van der Waals surface area contributed by atoms with Gasteiger partial charge in [0.25, 0.3) is 5.91 Å². The van der Waals surface area contributed by atoms with Gasteiger partial charge in [0.15, 0.2) is 0 Å². The summed E-state index contributed by atoms with van der Waals surface area (Å²) in [7, 11) is 0. The molecule has 3 N–H and O–H groups in total. The number of nitrogens with two attached hydrogens (primary N) is 1. The Morgan fingerprint density at radius 2 is 2.11 bits per heavy atom. The summed E-state index contributed by atoms with van der Waals surface area (Å²) >= 11 is 19.5. The van der Waals surface area contributed by atoms with Crippen LogP contribution < -0.4 is 11.1 Å². The lowest BCUT2D eigenvalue weighted by atomic mass is 10.2. The minimum Gasteiger partial charge on any atom is -0.348 e. The summed E-state index contributed by atoms with van der Waals surface area (Å²) in [4.78, 5) is 12.5. The Morgan fingerprint density at radius 3 is 2.74 bits per heavy atom. The maximum absolute atomic E-state index is 12.1. The van der Waals surface area contributed by atoms with E-state index in [1.54, 1.807) is 12.1 Å². The van der Waals surface area contributed by atoms with Crippen molar-refractivity contribution in [1.82, 2.24) is 5.32 Å². The molecule has 1 aromatic carbocycles. The van der Waals surface area contributed by atoms with Crippen LogP contribution in [0.5, 0.6) is 0 Å². The van der Waals surface area contributed by atoms with E-state index < -0.39 is 0 Å². The molecule has 0 saturated carbocycles. The number of hydrogen-bond donors (Lipinski definition) is 2. The van der Waals surface area contributed by atoms with E-state index in [0.717, 1.165) is 4.70 Å². The molecular formula is C12H11Cl3N2OS. The van der Waals surface area contributed by atoms with E-state index in [-0.39, 0.29) is 11.9 Å². The summed E-state index contributed by atoms with van der Waals surface area (Å²) in [6.45, 7) is 2.18. The largest absolute Gasteiger partial charge is 0.348 e.